The number of benzene rings is 1. The van der Waals surface area contributed by atoms with E-state index in [1.54, 1.807) is 0 Å². The minimum Gasteiger partial charge on any atom is -0.307 e. The van der Waals surface area contributed by atoms with Gasteiger partial charge in [0, 0.05) is 12.1 Å². The Morgan fingerprint density at radius 3 is 2.27 bits per heavy atom. The monoisotopic (exact) mass is 203 g/mol. The lowest BCUT2D eigenvalue weighted by Crippen LogP contribution is -2.30. The predicted molar refractivity (Wildman–Crippen MR) is 64.9 cm³/mol. The lowest BCUT2D eigenvalue weighted by molar-refractivity contribution is 0.441. The second-order valence-electron chi connectivity index (χ2n) is 4.93. The molecule has 1 nitrogen and oxygen atoms in total. The first-order valence-corrected chi connectivity index (χ1v) is 5.99. The third-order valence-corrected chi connectivity index (χ3v) is 3.42. The maximum Gasteiger partial charge on any atom is 0.0294 e. The Balaban J connectivity index is 1.94. The van der Waals surface area contributed by atoms with Gasteiger partial charge in [0.15, 0.2) is 0 Å². The summed E-state index contributed by atoms with van der Waals surface area (Å²) in [7, 11) is 0. The molecule has 1 aromatic carbocycles. The summed E-state index contributed by atoms with van der Waals surface area (Å²) < 4.78 is 0. The first-order chi connectivity index (χ1) is 7.16. The van der Waals surface area contributed by atoms with Crippen molar-refractivity contribution < 1.29 is 0 Å². The van der Waals surface area contributed by atoms with E-state index in [-0.39, 0.29) is 0 Å². The summed E-state index contributed by atoms with van der Waals surface area (Å²) in [6.07, 6.45) is 2.82. The summed E-state index contributed by atoms with van der Waals surface area (Å²) >= 11 is 0. The van der Waals surface area contributed by atoms with E-state index in [4.69, 9.17) is 0 Å². The van der Waals surface area contributed by atoms with Gasteiger partial charge in [-0.05, 0) is 45.1 Å². The number of hydrogen-bond acceptors (Lipinski definition) is 1. The van der Waals surface area contributed by atoms with Crippen LogP contribution in [0.1, 0.15) is 43.9 Å². The Bertz CT molecular complexity index is 311. The minimum atomic E-state index is 0.473. The third kappa shape index (κ3) is 2.82. The average Bonchev–Trinajstić information content (AvgIpc) is 3.01. The molecule has 2 atom stereocenters. The van der Waals surface area contributed by atoms with Gasteiger partial charge in [0.05, 0.1) is 0 Å². The Kier molecular flexibility index (Phi) is 3.11. The van der Waals surface area contributed by atoms with Crippen molar-refractivity contribution in [1.82, 2.24) is 5.32 Å². The molecule has 1 heteroatoms. The lowest BCUT2D eigenvalue weighted by atomic mass is 10.1. The van der Waals surface area contributed by atoms with Crippen molar-refractivity contribution in [1.29, 1.82) is 0 Å². The van der Waals surface area contributed by atoms with Crippen molar-refractivity contribution in [2.75, 3.05) is 0 Å². The Hall–Kier alpha value is -0.820. The maximum absolute atomic E-state index is 3.68. The van der Waals surface area contributed by atoms with E-state index in [0.717, 1.165) is 5.92 Å². The van der Waals surface area contributed by atoms with Gasteiger partial charge in [-0.1, -0.05) is 29.8 Å². The van der Waals surface area contributed by atoms with Gasteiger partial charge in [-0.15, -0.1) is 0 Å². The average molecular weight is 203 g/mol. The number of nitrogens with one attached hydrogen (secondary N) is 1. The molecule has 2 rings (SSSR count). The smallest absolute Gasteiger partial charge is 0.0294 e. The molecule has 0 aromatic heterocycles. The van der Waals surface area contributed by atoms with Crippen LogP contribution in [-0.2, 0) is 0 Å². The summed E-state index contributed by atoms with van der Waals surface area (Å²) in [6, 6.07) is 9.98. The van der Waals surface area contributed by atoms with Gasteiger partial charge in [-0.3, -0.25) is 0 Å². The van der Waals surface area contributed by atoms with Crippen LogP contribution in [0.25, 0.3) is 0 Å². The van der Waals surface area contributed by atoms with Crippen LogP contribution in [0.2, 0.25) is 0 Å². The van der Waals surface area contributed by atoms with Crippen molar-refractivity contribution >= 4 is 0 Å². The van der Waals surface area contributed by atoms with Crippen LogP contribution in [0.3, 0.4) is 0 Å². The SMILES string of the molecule is Cc1ccc([C@H](C)NC(C)C2CC2)cc1. The molecule has 1 unspecified atom stereocenters. The molecule has 0 bridgehead atoms. The zero-order valence-corrected chi connectivity index (χ0v) is 9.96. The topological polar surface area (TPSA) is 12.0 Å². The van der Waals surface area contributed by atoms with E-state index in [2.05, 4.69) is 50.4 Å². The molecule has 0 saturated heterocycles. The fourth-order valence-corrected chi connectivity index (χ4v) is 2.08. The highest BCUT2D eigenvalue weighted by molar-refractivity contribution is 5.23. The molecule has 1 aliphatic carbocycles. The maximum atomic E-state index is 3.68. The normalized spacial score (nSPS) is 19.9. The molecule has 1 aromatic rings. The number of aryl methyl sites for hydroxylation is 1. The molecular formula is C14H21N. The molecule has 15 heavy (non-hydrogen) atoms. The van der Waals surface area contributed by atoms with E-state index >= 15 is 0 Å². The van der Waals surface area contributed by atoms with Gasteiger partial charge in [0.2, 0.25) is 0 Å². The first-order valence-electron chi connectivity index (χ1n) is 5.99. The molecule has 1 N–H and O–H groups in total. The Labute approximate surface area is 92.9 Å². The van der Waals surface area contributed by atoms with Crippen LogP contribution in [-0.4, -0.2) is 6.04 Å². The molecule has 0 aliphatic heterocycles. The second kappa shape index (κ2) is 4.36. The van der Waals surface area contributed by atoms with Gasteiger partial charge >= 0.3 is 0 Å². The number of hydrogen-bond donors (Lipinski definition) is 1. The standard InChI is InChI=1S/C14H21N/c1-10-4-6-13(7-5-10)11(2)15-12(3)14-8-9-14/h4-7,11-12,14-15H,8-9H2,1-3H3/t11-,12?/m0/s1. The number of rotatable bonds is 4. The summed E-state index contributed by atoms with van der Waals surface area (Å²) in [5.74, 6) is 0.929. The largest absolute Gasteiger partial charge is 0.307 e. The minimum absolute atomic E-state index is 0.473. The van der Waals surface area contributed by atoms with Crippen LogP contribution in [0.15, 0.2) is 24.3 Å². The van der Waals surface area contributed by atoms with Crippen molar-refractivity contribution in [3.63, 3.8) is 0 Å². The van der Waals surface area contributed by atoms with E-state index < -0.39 is 0 Å². The van der Waals surface area contributed by atoms with Gasteiger partial charge in [-0.25, -0.2) is 0 Å². The molecular weight excluding hydrogens is 182 g/mol. The quantitative estimate of drug-likeness (QED) is 0.790. The Morgan fingerprint density at radius 1 is 1.13 bits per heavy atom. The highest BCUT2D eigenvalue weighted by Gasteiger charge is 2.28. The first kappa shape index (κ1) is 10.7. The van der Waals surface area contributed by atoms with E-state index in [9.17, 15) is 0 Å². The second-order valence-corrected chi connectivity index (χ2v) is 4.93. The molecule has 1 fully saturated rings. The third-order valence-electron chi connectivity index (χ3n) is 3.42. The highest BCUT2D eigenvalue weighted by atomic mass is 15.0. The van der Waals surface area contributed by atoms with Crippen molar-refractivity contribution in [2.45, 2.75) is 45.7 Å². The summed E-state index contributed by atoms with van der Waals surface area (Å²) in [4.78, 5) is 0. The van der Waals surface area contributed by atoms with Gasteiger partial charge < -0.3 is 5.32 Å². The van der Waals surface area contributed by atoms with Crippen molar-refractivity contribution in [2.24, 2.45) is 5.92 Å². The van der Waals surface area contributed by atoms with Crippen LogP contribution in [0.5, 0.6) is 0 Å². The van der Waals surface area contributed by atoms with Crippen LogP contribution in [0.4, 0.5) is 0 Å². The van der Waals surface area contributed by atoms with E-state index in [1.165, 1.54) is 24.0 Å². The highest BCUT2D eigenvalue weighted by Crippen LogP contribution is 2.33. The van der Waals surface area contributed by atoms with Gasteiger partial charge in [-0.2, -0.15) is 0 Å². The van der Waals surface area contributed by atoms with Crippen molar-refractivity contribution in [3.8, 4) is 0 Å². The van der Waals surface area contributed by atoms with Gasteiger partial charge in [0.25, 0.3) is 0 Å². The molecule has 0 spiro atoms. The van der Waals surface area contributed by atoms with Crippen LogP contribution < -0.4 is 5.32 Å². The lowest BCUT2D eigenvalue weighted by Gasteiger charge is -2.20. The predicted octanol–water partition coefficient (Wildman–Crippen LogP) is 3.44. The molecule has 1 saturated carbocycles. The van der Waals surface area contributed by atoms with Gasteiger partial charge in [0.1, 0.15) is 0 Å². The molecule has 0 amide bonds. The van der Waals surface area contributed by atoms with E-state index in [1.807, 2.05) is 0 Å². The fourth-order valence-electron chi connectivity index (χ4n) is 2.08. The van der Waals surface area contributed by atoms with E-state index in [0.29, 0.717) is 12.1 Å². The summed E-state index contributed by atoms with van der Waals surface area (Å²) in [5, 5.41) is 3.68. The molecule has 1 aliphatic rings. The van der Waals surface area contributed by atoms with Crippen molar-refractivity contribution in [3.05, 3.63) is 35.4 Å². The molecule has 82 valence electrons. The summed E-state index contributed by atoms with van der Waals surface area (Å²) in [6.45, 7) is 6.70. The molecule has 0 radical (unpaired) electrons. The Morgan fingerprint density at radius 2 is 1.73 bits per heavy atom. The fraction of sp³-hybridized carbons (Fsp3) is 0.571. The van der Waals surface area contributed by atoms with Crippen LogP contribution >= 0.6 is 0 Å². The zero-order chi connectivity index (χ0) is 10.8. The zero-order valence-electron chi connectivity index (χ0n) is 9.96. The molecule has 0 heterocycles. The summed E-state index contributed by atoms with van der Waals surface area (Å²) in [5.41, 5.74) is 2.73. The van der Waals surface area contributed by atoms with Crippen LogP contribution in [0, 0.1) is 12.8 Å².